The summed E-state index contributed by atoms with van der Waals surface area (Å²) in [6.07, 6.45) is 1.42. The fourth-order valence-electron chi connectivity index (χ4n) is 3.56. The van der Waals surface area contributed by atoms with E-state index in [0.717, 1.165) is 17.5 Å². The van der Waals surface area contributed by atoms with Crippen molar-refractivity contribution >= 4 is 10.0 Å². The highest BCUT2D eigenvalue weighted by Gasteiger charge is 2.38. The zero-order valence-electron chi connectivity index (χ0n) is 15.7. The van der Waals surface area contributed by atoms with Gasteiger partial charge in [0.1, 0.15) is 11.6 Å². The van der Waals surface area contributed by atoms with E-state index in [9.17, 15) is 12.8 Å². The second-order valence-electron chi connectivity index (χ2n) is 7.09. The Morgan fingerprint density at radius 1 is 1.14 bits per heavy atom. The molecule has 2 aromatic carbocycles. The van der Waals surface area contributed by atoms with E-state index in [1.165, 1.54) is 16.4 Å². The smallest absolute Gasteiger partial charge is 0.244 e. The predicted octanol–water partition coefficient (Wildman–Crippen LogP) is 3.75. The van der Waals surface area contributed by atoms with Crippen LogP contribution in [-0.4, -0.2) is 34.4 Å². The summed E-state index contributed by atoms with van der Waals surface area (Å²) in [5.41, 5.74) is 2.30. The molecule has 3 aromatic rings. The molecule has 0 saturated carbocycles. The molecule has 28 heavy (non-hydrogen) atoms. The Morgan fingerprint density at radius 3 is 2.64 bits per heavy atom. The second-order valence-corrected chi connectivity index (χ2v) is 8.95. The Balaban J connectivity index is 1.67. The van der Waals surface area contributed by atoms with Crippen molar-refractivity contribution in [1.29, 1.82) is 0 Å². The van der Waals surface area contributed by atoms with E-state index < -0.39 is 16.1 Å². The molecule has 4 rings (SSSR count). The van der Waals surface area contributed by atoms with Gasteiger partial charge in [-0.2, -0.15) is 9.40 Å². The van der Waals surface area contributed by atoms with Crippen molar-refractivity contribution < 1.29 is 12.8 Å². The first-order chi connectivity index (χ1) is 13.4. The number of halogens is 1. The molecule has 0 bridgehead atoms. The van der Waals surface area contributed by atoms with Gasteiger partial charge in [0.05, 0.1) is 10.9 Å². The van der Waals surface area contributed by atoms with Crippen LogP contribution in [0.5, 0.6) is 0 Å². The van der Waals surface area contributed by atoms with E-state index >= 15 is 0 Å². The maximum Gasteiger partial charge on any atom is 0.244 e. The van der Waals surface area contributed by atoms with Gasteiger partial charge in [0.25, 0.3) is 0 Å². The van der Waals surface area contributed by atoms with Crippen LogP contribution in [0.4, 0.5) is 4.39 Å². The molecule has 1 unspecified atom stereocenters. The highest BCUT2D eigenvalue weighted by Crippen LogP contribution is 2.36. The van der Waals surface area contributed by atoms with Gasteiger partial charge in [-0.25, -0.2) is 17.8 Å². The zero-order chi connectivity index (χ0) is 19.9. The molecule has 1 aliphatic rings. The lowest BCUT2D eigenvalue weighted by atomic mass is 10.2. The van der Waals surface area contributed by atoms with Crippen molar-refractivity contribution in [1.82, 2.24) is 19.5 Å². The first-order valence-electron chi connectivity index (χ1n) is 9.13. The van der Waals surface area contributed by atoms with Gasteiger partial charge in [0.2, 0.25) is 10.0 Å². The summed E-state index contributed by atoms with van der Waals surface area (Å²) in [4.78, 5) is 4.83. The van der Waals surface area contributed by atoms with E-state index in [-0.39, 0.29) is 5.82 Å². The third-order valence-corrected chi connectivity index (χ3v) is 7.10. The van der Waals surface area contributed by atoms with Crippen LogP contribution in [0.15, 0.2) is 47.4 Å². The number of hydrogen-bond donors (Lipinski definition) is 1. The van der Waals surface area contributed by atoms with Crippen LogP contribution in [-0.2, 0) is 10.0 Å². The van der Waals surface area contributed by atoms with Gasteiger partial charge in [-0.1, -0.05) is 12.1 Å². The molecule has 146 valence electrons. The molecule has 8 heteroatoms. The Hall–Kier alpha value is -2.58. The van der Waals surface area contributed by atoms with Crippen molar-refractivity contribution in [2.45, 2.75) is 37.6 Å². The topological polar surface area (TPSA) is 79.0 Å². The van der Waals surface area contributed by atoms with Crippen LogP contribution in [0.1, 0.15) is 35.8 Å². The van der Waals surface area contributed by atoms with Gasteiger partial charge in [-0.15, -0.1) is 0 Å². The minimum atomic E-state index is -3.65. The van der Waals surface area contributed by atoms with Crippen LogP contribution >= 0.6 is 0 Å². The number of rotatable bonds is 4. The van der Waals surface area contributed by atoms with Gasteiger partial charge >= 0.3 is 0 Å². The molecule has 1 aromatic heterocycles. The minimum Gasteiger partial charge on any atom is -0.261 e. The highest BCUT2D eigenvalue weighted by atomic mass is 32.2. The first kappa shape index (κ1) is 18.8. The number of H-pyrrole nitrogens is 1. The molecule has 0 spiro atoms. The Morgan fingerprint density at radius 2 is 1.89 bits per heavy atom. The summed E-state index contributed by atoms with van der Waals surface area (Å²) >= 11 is 0. The van der Waals surface area contributed by atoms with Gasteiger partial charge in [-0.3, -0.25) is 5.10 Å². The molecule has 2 heterocycles. The van der Waals surface area contributed by atoms with E-state index in [2.05, 4.69) is 15.2 Å². The fraction of sp³-hybridized carbons (Fsp3) is 0.300. The monoisotopic (exact) mass is 400 g/mol. The summed E-state index contributed by atoms with van der Waals surface area (Å²) in [6, 6.07) is 10.9. The van der Waals surface area contributed by atoms with Crippen LogP contribution in [0.3, 0.4) is 0 Å². The van der Waals surface area contributed by atoms with Crippen LogP contribution in [0.2, 0.25) is 0 Å². The minimum absolute atomic E-state index is 0.331. The fourth-order valence-corrected chi connectivity index (χ4v) is 5.54. The molecular weight excluding hydrogens is 379 g/mol. The van der Waals surface area contributed by atoms with Crippen molar-refractivity contribution in [3.05, 3.63) is 65.2 Å². The third-order valence-electron chi connectivity index (χ3n) is 5.05. The average Bonchev–Trinajstić information content (AvgIpc) is 3.33. The predicted molar refractivity (Wildman–Crippen MR) is 104 cm³/mol. The van der Waals surface area contributed by atoms with Crippen molar-refractivity contribution in [2.24, 2.45) is 0 Å². The summed E-state index contributed by atoms with van der Waals surface area (Å²) < 4.78 is 41.3. The lowest BCUT2D eigenvalue weighted by Crippen LogP contribution is -2.31. The van der Waals surface area contributed by atoms with Gasteiger partial charge < -0.3 is 0 Å². The number of sulfonamides is 1. The van der Waals surface area contributed by atoms with Crippen molar-refractivity contribution in [2.75, 3.05) is 6.54 Å². The zero-order valence-corrected chi connectivity index (χ0v) is 16.5. The highest BCUT2D eigenvalue weighted by molar-refractivity contribution is 7.89. The number of nitrogens with one attached hydrogen (secondary N) is 1. The Bertz CT molecular complexity index is 1110. The quantitative estimate of drug-likeness (QED) is 0.723. The number of aromatic amines is 1. The lowest BCUT2D eigenvalue weighted by Gasteiger charge is -2.23. The average molecular weight is 400 g/mol. The second kappa shape index (κ2) is 7.10. The molecule has 0 amide bonds. The molecule has 1 saturated heterocycles. The van der Waals surface area contributed by atoms with Crippen molar-refractivity contribution in [3.63, 3.8) is 0 Å². The molecule has 6 nitrogen and oxygen atoms in total. The molecule has 1 aliphatic heterocycles. The number of hydrogen-bond acceptors (Lipinski definition) is 4. The third kappa shape index (κ3) is 3.33. The molecule has 0 aliphatic carbocycles. The number of aryl methyl sites for hydroxylation is 2. The summed E-state index contributed by atoms with van der Waals surface area (Å²) in [5, 5.41) is 7.08. The van der Waals surface area contributed by atoms with Crippen LogP contribution < -0.4 is 0 Å². The van der Waals surface area contributed by atoms with E-state index in [1.54, 1.807) is 25.1 Å². The standard InChI is InChI=1S/C20H21FN4O2S/c1-13-5-6-14(2)18(12-13)28(26,27)25-11-3-4-17(25)20-22-19(23-24-20)15-7-9-16(21)10-8-15/h5-10,12,17H,3-4,11H2,1-2H3,(H,22,23,24). The van der Waals surface area contributed by atoms with Crippen molar-refractivity contribution in [3.8, 4) is 11.4 Å². The largest absolute Gasteiger partial charge is 0.261 e. The Kier molecular flexibility index (Phi) is 4.76. The maximum atomic E-state index is 13.3. The summed E-state index contributed by atoms with van der Waals surface area (Å²) in [5.74, 6) is 0.595. The normalized spacial score (nSPS) is 17.9. The van der Waals surface area contributed by atoms with E-state index in [1.807, 2.05) is 19.1 Å². The first-order valence-corrected chi connectivity index (χ1v) is 10.6. The number of nitrogens with zero attached hydrogens (tertiary/aromatic N) is 3. The van der Waals surface area contributed by atoms with Gasteiger partial charge in [0, 0.05) is 12.1 Å². The van der Waals surface area contributed by atoms with Crippen LogP contribution in [0, 0.1) is 19.7 Å². The van der Waals surface area contributed by atoms with E-state index in [4.69, 9.17) is 0 Å². The molecule has 1 N–H and O–H groups in total. The maximum absolute atomic E-state index is 13.3. The van der Waals surface area contributed by atoms with Gasteiger partial charge in [-0.05, 0) is 68.1 Å². The van der Waals surface area contributed by atoms with Crippen LogP contribution in [0.25, 0.3) is 11.4 Å². The SMILES string of the molecule is Cc1ccc(C)c(S(=O)(=O)N2CCCC2c2nc(-c3ccc(F)cc3)n[nH]2)c1. The summed E-state index contributed by atoms with van der Waals surface area (Å²) in [7, 11) is -3.65. The molecule has 1 atom stereocenters. The van der Waals surface area contributed by atoms with E-state index in [0.29, 0.717) is 35.1 Å². The van der Waals surface area contributed by atoms with Gasteiger partial charge in [0.15, 0.2) is 5.82 Å². The number of benzene rings is 2. The number of aromatic nitrogens is 3. The lowest BCUT2D eigenvalue weighted by molar-refractivity contribution is 0.384. The molecule has 0 radical (unpaired) electrons. The Labute approximate surface area is 163 Å². The summed E-state index contributed by atoms with van der Waals surface area (Å²) in [6.45, 7) is 4.12. The molecular formula is C20H21FN4O2S. The molecule has 1 fully saturated rings.